The molecule has 1 atom stereocenters. The number of carbonyl (C=O) groups excluding carboxylic acids is 1. The zero-order valence-corrected chi connectivity index (χ0v) is 13.6. The number of hydrogen-bond acceptors (Lipinski definition) is 4. The summed E-state index contributed by atoms with van der Waals surface area (Å²) in [5.41, 5.74) is 7.20. The Balaban J connectivity index is 2.74. The summed E-state index contributed by atoms with van der Waals surface area (Å²) >= 11 is 0. The van der Waals surface area contributed by atoms with Gasteiger partial charge >= 0.3 is 0 Å². The molecule has 0 aromatic heterocycles. The topological polar surface area (TPSA) is 89.3 Å². The summed E-state index contributed by atoms with van der Waals surface area (Å²) < 4.78 is 25.1. The first kappa shape index (κ1) is 17.7. The molecule has 1 amide bonds. The summed E-state index contributed by atoms with van der Waals surface area (Å²) in [5.74, 6) is -0.734. The maximum Gasteiger partial charge on any atom is 0.240 e. The van der Waals surface area contributed by atoms with Gasteiger partial charge in [0.05, 0.1) is 11.7 Å². The molecule has 0 radical (unpaired) electrons. The van der Waals surface area contributed by atoms with Crippen LogP contribution in [0.15, 0.2) is 24.3 Å². The van der Waals surface area contributed by atoms with Crippen LogP contribution in [0.1, 0.15) is 37.8 Å². The first-order valence-corrected chi connectivity index (χ1v) is 8.73. The Hall–Kier alpha value is -1.40. The summed E-state index contributed by atoms with van der Waals surface area (Å²) in [5, 5.41) is 0. The smallest absolute Gasteiger partial charge is 0.240 e. The normalized spacial score (nSPS) is 13.2. The lowest BCUT2D eigenvalue weighted by molar-refractivity contribution is -0.120. The molecule has 0 heterocycles. The quantitative estimate of drug-likeness (QED) is 0.796. The Labute approximate surface area is 127 Å². The van der Waals surface area contributed by atoms with E-state index in [2.05, 4.69) is 18.6 Å². The molecule has 0 aliphatic rings. The van der Waals surface area contributed by atoms with E-state index in [0.29, 0.717) is 5.92 Å². The fraction of sp³-hybridized carbons (Fsp3) is 0.533. The van der Waals surface area contributed by atoms with Crippen molar-refractivity contribution in [1.29, 1.82) is 0 Å². The van der Waals surface area contributed by atoms with Gasteiger partial charge in [0.1, 0.15) is 0 Å². The molecular weight excluding hydrogens is 288 g/mol. The van der Waals surface area contributed by atoms with Crippen LogP contribution < -0.4 is 10.5 Å². The van der Waals surface area contributed by atoms with Crippen LogP contribution in [0.25, 0.3) is 0 Å². The Morgan fingerprint density at radius 2 is 1.76 bits per heavy atom. The second-order valence-corrected chi connectivity index (χ2v) is 7.48. The number of nitrogens with two attached hydrogens (primary N) is 1. The maximum atomic E-state index is 12.0. The van der Waals surface area contributed by atoms with Gasteiger partial charge in [-0.15, -0.1) is 0 Å². The lowest BCUT2D eigenvalue weighted by atomic mass is 9.96. The average molecular weight is 312 g/mol. The monoisotopic (exact) mass is 312 g/mol. The van der Waals surface area contributed by atoms with Gasteiger partial charge in [0.25, 0.3) is 0 Å². The molecule has 0 bridgehead atoms. The molecule has 0 fully saturated rings. The van der Waals surface area contributed by atoms with Crippen molar-refractivity contribution >= 4 is 15.9 Å². The van der Waals surface area contributed by atoms with E-state index >= 15 is 0 Å². The van der Waals surface area contributed by atoms with E-state index in [1.165, 1.54) is 5.56 Å². The van der Waals surface area contributed by atoms with Crippen molar-refractivity contribution in [1.82, 2.24) is 4.72 Å². The number of rotatable bonds is 7. The summed E-state index contributed by atoms with van der Waals surface area (Å²) in [6, 6.07) is 7.70. The first-order chi connectivity index (χ1) is 9.75. The zero-order chi connectivity index (χ0) is 16.0. The van der Waals surface area contributed by atoms with E-state index in [1.807, 2.05) is 24.3 Å². The van der Waals surface area contributed by atoms with Crippen LogP contribution in [0, 0.1) is 5.92 Å². The molecular formula is C15H24N2O3S. The molecule has 1 aromatic rings. The number of hydrogen-bond donors (Lipinski definition) is 2. The molecule has 6 heteroatoms. The molecule has 1 aromatic carbocycles. The lowest BCUT2D eigenvalue weighted by Crippen LogP contribution is -2.37. The third kappa shape index (κ3) is 5.85. The van der Waals surface area contributed by atoms with E-state index in [4.69, 9.17) is 5.73 Å². The van der Waals surface area contributed by atoms with E-state index in [1.54, 1.807) is 6.92 Å². The van der Waals surface area contributed by atoms with Gasteiger partial charge in [-0.25, -0.2) is 8.42 Å². The Bertz CT molecular complexity index is 565. The van der Waals surface area contributed by atoms with Crippen LogP contribution in [0.3, 0.4) is 0 Å². The molecule has 21 heavy (non-hydrogen) atoms. The largest absolute Gasteiger partial charge is 0.329 e. The fourth-order valence-corrected chi connectivity index (χ4v) is 2.91. The van der Waals surface area contributed by atoms with E-state index < -0.39 is 21.8 Å². The minimum absolute atomic E-state index is 0.0130. The zero-order valence-electron chi connectivity index (χ0n) is 12.8. The molecule has 0 spiro atoms. The fourth-order valence-electron chi connectivity index (χ4n) is 2.01. The summed E-state index contributed by atoms with van der Waals surface area (Å²) in [7, 11) is -3.63. The molecule has 0 saturated carbocycles. The highest BCUT2D eigenvalue weighted by Crippen LogP contribution is 2.18. The molecule has 0 unspecified atom stereocenters. The van der Waals surface area contributed by atoms with Gasteiger partial charge < -0.3 is 5.73 Å². The third-order valence-corrected chi connectivity index (χ3v) is 4.44. The van der Waals surface area contributed by atoms with E-state index in [0.717, 1.165) is 12.0 Å². The highest BCUT2D eigenvalue weighted by Gasteiger charge is 2.20. The first-order valence-electron chi connectivity index (χ1n) is 7.08. The number of benzene rings is 1. The van der Waals surface area contributed by atoms with Gasteiger partial charge in [0.15, 0.2) is 0 Å². The predicted molar refractivity (Wildman–Crippen MR) is 84.4 cm³/mol. The summed E-state index contributed by atoms with van der Waals surface area (Å²) in [4.78, 5) is 12.0. The molecule has 5 nitrogen and oxygen atoms in total. The maximum absolute atomic E-state index is 12.0. The Morgan fingerprint density at radius 3 is 2.24 bits per heavy atom. The Morgan fingerprint density at radius 1 is 1.19 bits per heavy atom. The molecule has 3 N–H and O–H groups in total. The average Bonchev–Trinajstić information content (AvgIpc) is 2.37. The second-order valence-electron chi connectivity index (χ2n) is 5.64. The van der Waals surface area contributed by atoms with Crippen LogP contribution in [0.5, 0.6) is 0 Å². The summed E-state index contributed by atoms with van der Waals surface area (Å²) in [6.07, 6.45) is 0.978. The number of nitrogens with one attached hydrogen (secondary N) is 1. The minimum Gasteiger partial charge on any atom is -0.329 e. The number of carbonyl (C=O) groups is 1. The van der Waals surface area contributed by atoms with Crippen LogP contribution in [-0.4, -0.2) is 26.6 Å². The van der Waals surface area contributed by atoms with Crippen molar-refractivity contribution in [3.8, 4) is 0 Å². The number of amides is 1. The highest BCUT2D eigenvalue weighted by molar-refractivity contribution is 7.90. The Kier molecular flexibility index (Phi) is 6.36. The number of sulfonamides is 1. The van der Waals surface area contributed by atoms with Crippen molar-refractivity contribution in [2.24, 2.45) is 11.7 Å². The van der Waals surface area contributed by atoms with Gasteiger partial charge in [0, 0.05) is 6.54 Å². The second kappa shape index (κ2) is 7.56. The van der Waals surface area contributed by atoms with Crippen molar-refractivity contribution < 1.29 is 13.2 Å². The van der Waals surface area contributed by atoms with Gasteiger partial charge in [-0.1, -0.05) is 38.1 Å². The SMILES string of the molecule is CC(C)Cc1ccc([C@@H](C)C(=O)NS(=O)(=O)CCN)cc1. The van der Waals surface area contributed by atoms with Crippen molar-refractivity contribution in [2.45, 2.75) is 33.1 Å². The van der Waals surface area contributed by atoms with Gasteiger partial charge in [-0.2, -0.15) is 0 Å². The predicted octanol–water partition coefficient (Wildman–Crippen LogP) is 1.39. The van der Waals surface area contributed by atoms with Crippen LogP contribution >= 0.6 is 0 Å². The van der Waals surface area contributed by atoms with Crippen molar-refractivity contribution in [2.75, 3.05) is 12.3 Å². The van der Waals surface area contributed by atoms with Crippen LogP contribution in [-0.2, 0) is 21.2 Å². The molecule has 0 aliphatic heterocycles. The van der Waals surface area contributed by atoms with Crippen LogP contribution in [0.2, 0.25) is 0 Å². The summed E-state index contributed by atoms with van der Waals surface area (Å²) in [6.45, 7) is 5.96. The molecule has 0 aliphatic carbocycles. The minimum atomic E-state index is -3.63. The van der Waals surface area contributed by atoms with Crippen molar-refractivity contribution in [3.63, 3.8) is 0 Å². The lowest BCUT2D eigenvalue weighted by Gasteiger charge is -2.13. The van der Waals surface area contributed by atoms with Gasteiger partial charge in [-0.05, 0) is 30.4 Å². The highest BCUT2D eigenvalue weighted by atomic mass is 32.2. The molecule has 118 valence electrons. The molecule has 1 rings (SSSR count). The van der Waals surface area contributed by atoms with Gasteiger partial charge in [0.2, 0.25) is 15.9 Å². The van der Waals surface area contributed by atoms with Gasteiger partial charge in [-0.3, -0.25) is 9.52 Å². The van der Waals surface area contributed by atoms with E-state index in [9.17, 15) is 13.2 Å². The third-order valence-electron chi connectivity index (χ3n) is 3.16. The van der Waals surface area contributed by atoms with Crippen LogP contribution in [0.4, 0.5) is 0 Å². The van der Waals surface area contributed by atoms with Crippen molar-refractivity contribution in [3.05, 3.63) is 35.4 Å². The standard InChI is InChI=1S/C15H24N2O3S/c1-11(2)10-13-4-6-14(7-5-13)12(3)15(18)17-21(19,20)9-8-16/h4-7,11-12H,8-10,16H2,1-3H3,(H,17,18)/t12-/m1/s1. The van der Waals surface area contributed by atoms with E-state index in [-0.39, 0.29) is 12.3 Å². The molecule has 0 saturated heterocycles.